The van der Waals surface area contributed by atoms with Gasteiger partial charge in [0, 0.05) is 23.5 Å². The first kappa shape index (κ1) is 15.9. The SMILES string of the molecule is CN(CC(C)(CO)CO)C(=O)Nc1ccccc1Br. The Bertz CT molecular complexity index is 436. The summed E-state index contributed by atoms with van der Waals surface area (Å²) in [6.45, 7) is 1.61. The third-order valence-corrected chi connectivity index (χ3v) is 3.54. The molecule has 106 valence electrons. The van der Waals surface area contributed by atoms with Crippen LogP contribution in [0.4, 0.5) is 10.5 Å². The van der Waals surface area contributed by atoms with Gasteiger partial charge in [-0.25, -0.2) is 4.79 Å². The highest BCUT2D eigenvalue weighted by Crippen LogP contribution is 2.22. The van der Waals surface area contributed by atoms with Crippen LogP contribution in [-0.4, -0.2) is 48.0 Å². The Morgan fingerprint density at radius 2 is 1.95 bits per heavy atom. The van der Waals surface area contributed by atoms with Crippen molar-refractivity contribution in [2.45, 2.75) is 6.92 Å². The molecule has 0 atom stereocenters. The van der Waals surface area contributed by atoms with E-state index in [1.165, 1.54) is 4.90 Å². The van der Waals surface area contributed by atoms with E-state index in [9.17, 15) is 15.0 Å². The second kappa shape index (κ2) is 6.88. The van der Waals surface area contributed by atoms with Crippen molar-refractivity contribution in [2.75, 3.05) is 32.1 Å². The van der Waals surface area contributed by atoms with E-state index in [0.29, 0.717) is 5.69 Å². The van der Waals surface area contributed by atoms with Crippen molar-refractivity contribution >= 4 is 27.6 Å². The van der Waals surface area contributed by atoms with Gasteiger partial charge >= 0.3 is 6.03 Å². The number of carbonyl (C=O) groups is 1. The van der Waals surface area contributed by atoms with Gasteiger partial charge in [0.25, 0.3) is 0 Å². The van der Waals surface area contributed by atoms with Gasteiger partial charge in [0.15, 0.2) is 0 Å². The van der Waals surface area contributed by atoms with E-state index in [4.69, 9.17) is 0 Å². The fourth-order valence-corrected chi connectivity index (χ4v) is 1.95. The molecule has 0 radical (unpaired) electrons. The van der Waals surface area contributed by atoms with Gasteiger partial charge in [-0.1, -0.05) is 19.1 Å². The second-order valence-electron chi connectivity index (χ2n) is 4.89. The second-order valence-corrected chi connectivity index (χ2v) is 5.75. The predicted molar refractivity (Wildman–Crippen MR) is 78.1 cm³/mol. The summed E-state index contributed by atoms with van der Waals surface area (Å²) in [4.78, 5) is 13.4. The number of hydrogen-bond acceptors (Lipinski definition) is 3. The number of nitrogens with zero attached hydrogens (tertiary/aromatic N) is 1. The molecule has 1 rings (SSSR count). The summed E-state index contributed by atoms with van der Waals surface area (Å²) < 4.78 is 0.795. The molecule has 0 saturated carbocycles. The summed E-state index contributed by atoms with van der Waals surface area (Å²) in [6.07, 6.45) is 0. The number of aliphatic hydroxyl groups excluding tert-OH is 2. The summed E-state index contributed by atoms with van der Waals surface area (Å²) in [7, 11) is 1.62. The van der Waals surface area contributed by atoms with Gasteiger partial charge in [-0.15, -0.1) is 0 Å². The Balaban J connectivity index is 2.66. The molecule has 2 amide bonds. The Morgan fingerprint density at radius 3 is 2.47 bits per heavy atom. The molecule has 19 heavy (non-hydrogen) atoms. The number of halogens is 1. The standard InChI is InChI=1S/C13H19BrN2O3/c1-13(8-17,9-18)7-16(2)12(19)15-11-6-4-3-5-10(11)14/h3-6,17-18H,7-9H2,1-2H3,(H,15,19). The maximum Gasteiger partial charge on any atom is 0.321 e. The minimum atomic E-state index is -0.708. The number of anilines is 1. The fraction of sp³-hybridized carbons (Fsp3) is 0.462. The molecule has 0 aliphatic heterocycles. The number of amides is 2. The molecule has 5 nitrogen and oxygen atoms in total. The zero-order valence-corrected chi connectivity index (χ0v) is 12.6. The average Bonchev–Trinajstić information content (AvgIpc) is 2.41. The highest BCUT2D eigenvalue weighted by atomic mass is 79.9. The van der Waals surface area contributed by atoms with Crippen LogP contribution in [0.25, 0.3) is 0 Å². The maximum atomic E-state index is 12.0. The van der Waals surface area contributed by atoms with Crippen LogP contribution in [0.15, 0.2) is 28.7 Å². The molecule has 0 heterocycles. The molecule has 0 spiro atoms. The van der Waals surface area contributed by atoms with Crippen LogP contribution in [0.1, 0.15) is 6.92 Å². The van der Waals surface area contributed by atoms with Gasteiger partial charge in [-0.3, -0.25) is 0 Å². The van der Waals surface area contributed by atoms with E-state index in [1.54, 1.807) is 20.0 Å². The maximum absolute atomic E-state index is 12.0. The minimum absolute atomic E-state index is 0.184. The van der Waals surface area contributed by atoms with Crippen molar-refractivity contribution in [1.82, 2.24) is 4.90 Å². The highest BCUT2D eigenvalue weighted by Gasteiger charge is 2.26. The van der Waals surface area contributed by atoms with E-state index in [0.717, 1.165) is 4.47 Å². The lowest BCUT2D eigenvalue weighted by atomic mass is 9.92. The largest absolute Gasteiger partial charge is 0.396 e. The van der Waals surface area contributed by atoms with E-state index >= 15 is 0 Å². The average molecular weight is 331 g/mol. The summed E-state index contributed by atoms with van der Waals surface area (Å²) in [5.74, 6) is 0. The van der Waals surface area contributed by atoms with E-state index in [-0.39, 0.29) is 25.8 Å². The quantitative estimate of drug-likeness (QED) is 0.772. The molecular weight excluding hydrogens is 312 g/mol. The first-order valence-electron chi connectivity index (χ1n) is 5.90. The molecule has 1 aromatic rings. The van der Waals surface area contributed by atoms with Crippen LogP contribution >= 0.6 is 15.9 Å². The van der Waals surface area contributed by atoms with Gasteiger partial charge in [-0.05, 0) is 28.1 Å². The van der Waals surface area contributed by atoms with Gasteiger partial charge in [0.1, 0.15) is 0 Å². The minimum Gasteiger partial charge on any atom is -0.396 e. The summed E-state index contributed by atoms with van der Waals surface area (Å²) >= 11 is 3.35. The van der Waals surface area contributed by atoms with Crippen molar-refractivity contribution in [3.63, 3.8) is 0 Å². The smallest absolute Gasteiger partial charge is 0.321 e. The summed E-state index contributed by atoms with van der Waals surface area (Å²) in [5, 5.41) is 21.2. The van der Waals surface area contributed by atoms with Crippen molar-refractivity contribution in [3.8, 4) is 0 Å². The number of aliphatic hydroxyl groups is 2. The normalized spacial score (nSPS) is 11.2. The zero-order chi connectivity index (χ0) is 14.5. The first-order valence-corrected chi connectivity index (χ1v) is 6.69. The predicted octanol–water partition coefficient (Wildman–Crippen LogP) is 1.90. The number of benzene rings is 1. The lowest BCUT2D eigenvalue weighted by Crippen LogP contribution is -2.43. The third-order valence-electron chi connectivity index (χ3n) is 2.84. The molecule has 0 saturated heterocycles. The van der Waals surface area contributed by atoms with Crippen LogP contribution in [0, 0.1) is 5.41 Å². The number of carbonyl (C=O) groups excluding carboxylic acids is 1. The molecule has 0 aromatic heterocycles. The Kier molecular flexibility index (Phi) is 5.78. The van der Waals surface area contributed by atoms with Crippen LogP contribution in [0.2, 0.25) is 0 Å². The van der Waals surface area contributed by atoms with Gasteiger partial charge in [-0.2, -0.15) is 0 Å². The molecule has 6 heteroatoms. The Hall–Kier alpha value is -1.11. The topological polar surface area (TPSA) is 72.8 Å². The highest BCUT2D eigenvalue weighted by molar-refractivity contribution is 9.10. The van der Waals surface area contributed by atoms with Gasteiger partial charge in [0.05, 0.1) is 18.9 Å². The van der Waals surface area contributed by atoms with Crippen molar-refractivity contribution < 1.29 is 15.0 Å². The van der Waals surface area contributed by atoms with Crippen LogP contribution in [0.3, 0.4) is 0 Å². The Labute approximate surface area is 121 Å². The first-order chi connectivity index (χ1) is 8.91. The summed E-state index contributed by atoms with van der Waals surface area (Å²) in [5.41, 5.74) is -0.0333. The van der Waals surface area contributed by atoms with Crippen molar-refractivity contribution in [3.05, 3.63) is 28.7 Å². The Morgan fingerprint density at radius 1 is 1.37 bits per heavy atom. The van der Waals surface area contributed by atoms with E-state index in [2.05, 4.69) is 21.2 Å². The van der Waals surface area contributed by atoms with E-state index < -0.39 is 5.41 Å². The van der Waals surface area contributed by atoms with Crippen molar-refractivity contribution in [2.24, 2.45) is 5.41 Å². The number of urea groups is 1. The number of nitrogens with one attached hydrogen (secondary N) is 1. The third kappa shape index (κ3) is 4.49. The van der Waals surface area contributed by atoms with Crippen molar-refractivity contribution in [1.29, 1.82) is 0 Å². The lowest BCUT2D eigenvalue weighted by Gasteiger charge is -2.30. The molecule has 0 bridgehead atoms. The lowest BCUT2D eigenvalue weighted by molar-refractivity contribution is 0.0509. The summed E-state index contributed by atoms with van der Waals surface area (Å²) in [6, 6.07) is 7.01. The van der Waals surface area contributed by atoms with Gasteiger partial charge < -0.3 is 20.4 Å². The number of para-hydroxylation sites is 1. The molecule has 3 N–H and O–H groups in total. The van der Waals surface area contributed by atoms with E-state index in [1.807, 2.05) is 18.2 Å². The molecule has 0 aliphatic carbocycles. The molecule has 0 fully saturated rings. The zero-order valence-electron chi connectivity index (χ0n) is 11.1. The molecule has 1 aromatic carbocycles. The van der Waals surface area contributed by atoms with Gasteiger partial charge in [0.2, 0.25) is 0 Å². The van der Waals surface area contributed by atoms with Crippen LogP contribution in [0.5, 0.6) is 0 Å². The van der Waals surface area contributed by atoms with Crippen LogP contribution in [-0.2, 0) is 0 Å². The monoisotopic (exact) mass is 330 g/mol. The fourth-order valence-electron chi connectivity index (χ4n) is 1.57. The molecule has 0 unspecified atom stereocenters. The number of rotatable bonds is 5. The number of hydrogen-bond donors (Lipinski definition) is 3. The van der Waals surface area contributed by atoms with Crippen LogP contribution < -0.4 is 5.32 Å². The molecular formula is C13H19BrN2O3. The molecule has 0 aliphatic rings.